The van der Waals surface area contributed by atoms with Crippen LogP contribution in [-0.4, -0.2) is 10.8 Å². The molecule has 2 aromatic rings. The summed E-state index contributed by atoms with van der Waals surface area (Å²) in [6.45, 7) is 0.935. The lowest BCUT2D eigenvalue weighted by Gasteiger charge is -2.10. The highest BCUT2D eigenvalue weighted by molar-refractivity contribution is 5.99. The summed E-state index contributed by atoms with van der Waals surface area (Å²) in [5.41, 5.74) is 13.2. The summed E-state index contributed by atoms with van der Waals surface area (Å²) in [5.74, 6) is -0.718. The van der Waals surface area contributed by atoms with E-state index < -0.39 is 10.8 Å². The van der Waals surface area contributed by atoms with Gasteiger partial charge in [0, 0.05) is 30.9 Å². The summed E-state index contributed by atoms with van der Waals surface area (Å²) in [6.07, 6.45) is 0. The number of primary amides is 1. The molecule has 7 nitrogen and oxygen atoms in total. The molecule has 0 heterocycles. The number of hydrogen-bond donors (Lipinski definition) is 3. The van der Waals surface area contributed by atoms with Crippen molar-refractivity contribution in [2.45, 2.75) is 13.1 Å². The van der Waals surface area contributed by atoms with Crippen LogP contribution in [0.3, 0.4) is 0 Å². The van der Waals surface area contributed by atoms with E-state index in [1.54, 1.807) is 0 Å². The van der Waals surface area contributed by atoms with Gasteiger partial charge in [-0.1, -0.05) is 24.3 Å². The predicted octanol–water partition coefficient (Wildman–Crippen LogP) is 1.76. The molecular formula is C15H16N4O3. The van der Waals surface area contributed by atoms with Crippen LogP contribution in [0.5, 0.6) is 0 Å². The molecule has 0 unspecified atom stereocenters. The molecule has 0 atom stereocenters. The summed E-state index contributed by atoms with van der Waals surface area (Å²) in [4.78, 5) is 21.6. The zero-order valence-corrected chi connectivity index (χ0v) is 11.8. The highest BCUT2D eigenvalue weighted by atomic mass is 16.6. The molecule has 0 fully saturated rings. The van der Waals surface area contributed by atoms with Crippen molar-refractivity contribution in [1.82, 2.24) is 0 Å². The number of nitrogens with two attached hydrogens (primary N) is 2. The van der Waals surface area contributed by atoms with E-state index in [2.05, 4.69) is 5.32 Å². The number of rotatable bonds is 6. The van der Waals surface area contributed by atoms with Crippen LogP contribution in [0.15, 0.2) is 42.5 Å². The van der Waals surface area contributed by atoms with Gasteiger partial charge in [-0.15, -0.1) is 0 Å². The van der Waals surface area contributed by atoms with Crippen molar-refractivity contribution in [2.75, 3.05) is 5.32 Å². The Morgan fingerprint density at radius 3 is 2.32 bits per heavy atom. The van der Waals surface area contributed by atoms with Gasteiger partial charge in [-0.2, -0.15) is 0 Å². The third-order valence-electron chi connectivity index (χ3n) is 3.22. The van der Waals surface area contributed by atoms with Gasteiger partial charge in [-0.3, -0.25) is 14.9 Å². The lowest BCUT2D eigenvalue weighted by atomic mass is 10.1. The molecule has 0 bridgehead atoms. The first kappa shape index (κ1) is 15.5. The second kappa shape index (κ2) is 6.68. The molecule has 0 aliphatic rings. The number of carbonyl (C=O) groups excluding carboxylic acids is 1. The Labute approximate surface area is 127 Å². The Bertz CT molecular complexity index is 698. The van der Waals surface area contributed by atoms with Crippen LogP contribution in [-0.2, 0) is 13.1 Å². The maximum atomic E-state index is 11.4. The standard InChI is InChI=1S/C15H16N4O3/c16-8-10-1-3-11(4-2-10)9-18-14-6-5-12(19(21)22)7-13(14)15(17)20/h1-7,18H,8-9,16H2,(H2,17,20). The van der Waals surface area contributed by atoms with Crippen molar-refractivity contribution in [3.8, 4) is 0 Å². The van der Waals surface area contributed by atoms with Crippen LogP contribution in [0.25, 0.3) is 0 Å². The number of anilines is 1. The maximum Gasteiger partial charge on any atom is 0.270 e. The van der Waals surface area contributed by atoms with Gasteiger partial charge in [-0.05, 0) is 17.2 Å². The molecule has 22 heavy (non-hydrogen) atoms. The lowest BCUT2D eigenvalue weighted by Crippen LogP contribution is -2.15. The molecule has 7 heteroatoms. The van der Waals surface area contributed by atoms with Crippen LogP contribution < -0.4 is 16.8 Å². The van der Waals surface area contributed by atoms with Gasteiger partial charge < -0.3 is 16.8 Å². The Hall–Kier alpha value is -2.93. The third kappa shape index (κ3) is 3.58. The van der Waals surface area contributed by atoms with E-state index in [1.807, 2.05) is 24.3 Å². The molecule has 0 saturated carbocycles. The van der Waals surface area contributed by atoms with Crippen molar-refractivity contribution in [3.63, 3.8) is 0 Å². The number of nitrogens with one attached hydrogen (secondary N) is 1. The summed E-state index contributed by atoms with van der Waals surface area (Å²) in [5, 5.41) is 13.8. The SMILES string of the molecule is NCc1ccc(CNc2ccc([N+](=O)[O-])cc2C(N)=O)cc1. The largest absolute Gasteiger partial charge is 0.380 e. The summed E-state index contributed by atoms with van der Waals surface area (Å²) < 4.78 is 0. The zero-order valence-electron chi connectivity index (χ0n) is 11.8. The van der Waals surface area contributed by atoms with Crippen molar-refractivity contribution in [2.24, 2.45) is 11.5 Å². The number of nitro benzene ring substituents is 1. The van der Waals surface area contributed by atoms with Crippen molar-refractivity contribution < 1.29 is 9.72 Å². The van der Waals surface area contributed by atoms with E-state index in [9.17, 15) is 14.9 Å². The summed E-state index contributed by atoms with van der Waals surface area (Å²) >= 11 is 0. The number of carbonyl (C=O) groups is 1. The monoisotopic (exact) mass is 300 g/mol. The van der Waals surface area contributed by atoms with Crippen molar-refractivity contribution >= 4 is 17.3 Å². The highest BCUT2D eigenvalue weighted by Crippen LogP contribution is 2.22. The van der Waals surface area contributed by atoms with Crippen LogP contribution >= 0.6 is 0 Å². The Morgan fingerprint density at radius 2 is 1.77 bits per heavy atom. The van der Waals surface area contributed by atoms with Gasteiger partial charge >= 0.3 is 0 Å². The third-order valence-corrected chi connectivity index (χ3v) is 3.22. The fourth-order valence-corrected chi connectivity index (χ4v) is 1.99. The fraction of sp³-hybridized carbons (Fsp3) is 0.133. The number of non-ortho nitro benzene ring substituents is 1. The maximum absolute atomic E-state index is 11.4. The molecule has 0 radical (unpaired) electrons. The molecule has 0 saturated heterocycles. The van der Waals surface area contributed by atoms with Crippen LogP contribution in [0.2, 0.25) is 0 Å². The van der Waals surface area contributed by atoms with Gasteiger partial charge in [0.25, 0.3) is 11.6 Å². The molecule has 0 aliphatic heterocycles. The molecular weight excluding hydrogens is 284 g/mol. The zero-order chi connectivity index (χ0) is 16.1. The smallest absolute Gasteiger partial charge is 0.270 e. The minimum Gasteiger partial charge on any atom is -0.380 e. The molecule has 0 aliphatic carbocycles. The summed E-state index contributed by atoms with van der Waals surface area (Å²) in [7, 11) is 0. The predicted molar refractivity (Wildman–Crippen MR) is 83.3 cm³/mol. The first-order chi connectivity index (χ1) is 10.5. The molecule has 1 amide bonds. The Morgan fingerprint density at radius 1 is 1.14 bits per heavy atom. The average Bonchev–Trinajstić information content (AvgIpc) is 2.53. The first-order valence-electron chi connectivity index (χ1n) is 6.61. The van der Waals surface area contributed by atoms with Crippen LogP contribution in [0, 0.1) is 10.1 Å². The quantitative estimate of drug-likeness (QED) is 0.554. The summed E-state index contributed by atoms with van der Waals surface area (Å²) in [6, 6.07) is 11.7. The van der Waals surface area contributed by atoms with E-state index in [0.717, 1.165) is 11.1 Å². The fourth-order valence-electron chi connectivity index (χ4n) is 1.99. The van der Waals surface area contributed by atoms with Gasteiger partial charge in [0.05, 0.1) is 10.5 Å². The minimum atomic E-state index is -0.718. The number of amides is 1. The Balaban J connectivity index is 2.17. The van der Waals surface area contributed by atoms with Crippen LogP contribution in [0.1, 0.15) is 21.5 Å². The van der Waals surface area contributed by atoms with Crippen LogP contribution in [0.4, 0.5) is 11.4 Å². The lowest BCUT2D eigenvalue weighted by molar-refractivity contribution is -0.384. The second-order valence-corrected chi connectivity index (χ2v) is 4.73. The number of benzene rings is 2. The van der Waals surface area contributed by atoms with Crippen molar-refractivity contribution in [3.05, 3.63) is 69.3 Å². The van der Waals surface area contributed by atoms with Gasteiger partial charge in [0.15, 0.2) is 0 Å². The van der Waals surface area contributed by atoms with E-state index in [1.165, 1.54) is 18.2 Å². The van der Waals surface area contributed by atoms with Gasteiger partial charge in [-0.25, -0.2) is 0 Å². The molecule has 2 aromatic carbocycles. The molecule has 114 valence electrons. The average molecular weight is 300 g/mol. The number of hydrogen-bond acceptors (Lipinski definition) is 5. The van der Waals surface area contributed by atoms with E-state index in [-0.39, 0.29) is 11.3 Å². The van der Waals surface area contributed by atoms with E-state index in [0.29, 0.717) is 18.8 Å². The topological polar surface area (TPSA) is 124 Å². The van der Waals surface area contributed by atoms with Crippen molar-refractivity contribution in [1.29, 1.82) is 0 Å². The number of nitro groups is 1. The molecule has 2 rings (SSSR count). The number of nitrogens with zero attached hydrogens (tertiary/aromatic N) is 1. The molecule has 0 spiro atoms. The molecule has 5 N–H and O–H groups in total. The Kier molecular flexibility index (Phi) is 4.70. The molecule has 0 aromatic heterocycles. The normalized spacial score (nSPS) is 10.2. The second-order valence-electron chi connectivity index (χ2n) is 4.73. The van der Waals surface area contributed by atoms with E-state index >= 15 is 0 Å². The van der Waals surface area contributed by atoms with E-state index in [4.69, 9.17) is 11.5 Å². The first-order valence-corrected chi connectivity index (χ1v) is 6.61. The van der Waals surface area contributed by atoms with Gasteiger partial charge in [0.2, 0.25) is 0 Å². The highest BCUT2D eigenvalue weighted by Gasteiger charge is 2.14. The van der Waals surface area contributed by atoms with Gasteiger partial charge in [0.1, 0.15) is 0 Å². The minimum absolute atomic E-state index is 0.0905.